The van der Waals surface area contributed by atoms with Gasteiger partial charge in [0.25, 0.3) is 5.91 Å². The van der Waals surface area contributed by atoms with E-state index in [1.54, 1.807) is 18.1 Å². The van der Waals surface area contributed by atoms with Crippen molar-refractivity contribution in [3.05, 3.63) is 65.2 Å². The number of hydrogen-bond acceptors (Lipinski definition) is 4. The van der Waals surface area contributed by atoms with Crippen molar-refractivity contribution in [1.29, 1.82) is 0 Å². The van der Waals surface area contributed by atoms with Crippen molar-refractivity contribution < 1.29 is 19.1 Å². The van der Waals surface area contributed by atoms with Crippen molar-refractivity contribution in [3.8, 4) is 5.75 Å². The Labute approximate surface area is 169 Å². The molecule has 2 aliphatic rings. The smallest absolute Gasteiger partial charge is 0.325 e. The van der Waals surface area contributed by atoms with E-state index < -0.39 is 12.1 Å². The van der Waals surface area contributed by atoms with Crippen LogP contribution in [0.4, 0.5) is 4.79 Å². The summed E-state index contributed by atoms with van der Waals surface area (Å²) in [5, 5.41) is 2.65. The molecule has 1 atom stereocenters. The first-order chi connectivity index (χ1) is 14.1. The number of nitrogens with one attached hydrogen (secondary N) is 1. The summed E-state index contributed by atoms with van der Waals surface area (Å²) in [6, 6.07) is 14.0. The Morgan fingerprint density at radius 1 is 1.10 bits per heavy atom. The third-order valence-electron chi connectivity index (χ3n) is 5.49. The van der Waals surface area contributed by atoms with E-state index in [-0.39, 0.29) is 24.8 Å². The first-order valence-corrected chi connectivity index (χ1v) is 9.65. The molecular weight excluding hydrogens is 370 g/mol. The van der Waals surface area contributed by atoms with E-state index >= 15 is 0 Å². The van der Waals surface area contributed by atoms with Crippen molar-refractivity contribution in [2.24, 2.45) is 0 Å². The molecule has 2 aromatic carbocycles. The minimum absolute atomic E-state index is 0.0326. The lowest BCUT2D eigenvalue weighted by Gasteiger charge is -2.29. The Morgan fingerprint density at radius 2 is 1.83 bits per heavy atom. The molecule has 0 aromatic heterocycles. The van der Waals surface area contributed by atoms with Gasteiger partial charge in [0.05, 0.1) is 20.1 Å². The van der Waals surface area contributed by atoms with Gasteiger partial charge in [0.15, 0.2) is 0 Å². The highest BCUT2D eigenvalue weighted by Crippen LogP contribution is 2.23. The minimum Gasteiger partial charge on any atom is -0.496 e. The zero-order chi connectivity index (χ0) is 20.4. The van der Waals surface area contributed by atoms with Crippen LogP contribution in [-0.2, 0) is 29.1 Å². The van der Waals surface area contributed by atoms with Crippen molar-refractivity contribution in [2.75, 3.05) is 13.7 Å². The molecule has 0 saturated carbocycles. The van der Waals surface area contributed by atoms with Gasteiger partial charge in [-0.2, -0.15) is 0 Å². The maximum atomic E-state index is 12.8. The predicted molar refractivity (Wildman–Crippen MR) is 106 cm³/mol. The maximum absolute atomic E-state index is 12.8. The van der Waals surface area contributed by atoms with Crippen LogP contribution in [0.15, 0.2) is 48.5 Å². The van der Waals surface area contributed by atoms with E-state index in [2.05, 4.69) is 11.4 Å². The van der Waals surface area contributed by atoms with Gasteiger partial charge in [-0.1, -0.05) is 42.5 Å². The van der Waals surface area contributed by atoms with E-state index in [4.69, 9.17) is 4.74 Å². The molecule has 150 valence electrons. The summed E-state index contributed by atoms with van der Waals surface area (Å²) in [5.74, 6) is 0.101. The summed E-state index contributed by atoms with van der Waals surface area (Å²) in [7, 11) is 1.54. The third-order valence-corrected chi connectivity index (χ3v) is 5.49. The number of para-hydroxylation sites is 1. The summed E-state index contributed by atoms with van der Waals surface area (Å²) < 4.78 is 5.30. The molecule has 0 radical (unpaired) electrons. The Hall–Kier alpha value is -3.35. The van der Waals surface area contributed by atoms with Gasteiger partial charge < -0.3 is 15.0 Å². The molecule has 1 saturated heterocycles. The normalized spacial score (nSPS) is 18.4. The Balaban J connectivity index is 1.41. The number of urea groups is 1. The molecule has 7 nitrogen and oxygen atoms in total. The summed E-state index contributed by atoms with van der Waals surface area (Å²) in [4.78, 5) is 40.8. The second-order valence-electron chi connectivity index (χ2n) is 7.28. The molecular formula is C22H23N3O4. The van der Waals surface area contributed by atoms with Crippen LogP contribution < -0.4 is 10.1 Å². The van der Waals surface area contributed by atoms with Crippen molar-refractivity contribution in [1.82, 2.24) is 15.1 Å². The van der Waals surface area contributed by atoms with Gasteiger partial charge in [-0.3, -0.25) is 14.5 Å². The number of imide groups is 1. The minimum atomic E-state index is -0.832. The molecule has 1 N–H and O–H groups in total. The topological polar surface area (TPSA) is 79.0 Å². The van der Waals surface area contributed by atoms with Crippen molar-refractivity contribution >= 4 is 17.8 Å². The number of benzene rings is 2. The second kappa shape index (κ2) is 7.95. The monoisotopic (exact) mass is 393 g/mol. The Morgan fingerprint density at radius 3 is 2.62 bits per heavy atom. The lowest BCUT2D eigenvalue weighted by molar-refractivity contribution is -0.136. The number of hydrogen-bond donors (Lipinski definition) is 1. The average molecular weight is 393 g/mol. The molecule has 2 aromatic rings. The Bertz CT molecular complexity index is 959. The van der Waals surface area contributed by atoms with Crippen LogP contribution >= 0.6 is 0 Å². The second-order valence-corrected chi connectivity index (χ2v) is 7.28. The fourth-order valence-electron chi connectivity index (χ4n) is 3.88. The van der Waals surface area contributed by atoms with Gasteiger partial charge in [-0.15, -0.1) is 0 Å². The maximum Gasteiger partial charge on any atom is 0.325 e. The Kier molecular flexibility index (Phi) is 5.20. The number of fused-ring (bicyclic) bond motifs is 1. The summed E-state index contributed by atoms with van der Waals surface area (Å²) in [5.41, 5.74) is 3.12. The van der Waals surface area contributed by atoms with Gasteiger partial charge in [0, 0.05) is 18.7 Å². The summed E-state index contributed by atoms with van der Waals surface area (Å²) in [6.45, 7) is 1.26. The van der Waals surface area contributed by atoms with Gasteiger partial charge in [-0.25, -0.2) is 4.79 Å². The molecule has 0 aliphatic carbocycles. The van der Waals surface area contributed by atoms with Crippen LogP contribution in [0.3, 0.4) is 0 Å². The lowest BCUT2D eigenvalue weighted by Crippen LogP contribution is -2.41. The number of methoxy groups -OCH3 is 1. The quantitative estimate of drug-likeness (QED) is 0.789. The van der Waals surface area contributed by atoms with Crippen LogP contribution in [0, 0.1) is 0 Å². The van der Waals surface area contributed by atoms with Gasteiger partial charge in [-0.05, 0) is 23.6 Å². The SMILES string of the molecule is COc1ccccc1CN1C(=O)N[C@H](CC(=O)N2CCc3ccccc3C2)C1=O. The number of carbonyl (C=O) groups excluding carboxylic acids is 3. The summed E-state index contributed by atoms with van der Waals surface area (Å²) >= 11 is 0. The fourth-order valence-corrected chi connectivity index (χ4v) is 3.88. The third kappa shape index (κ3) is 3.81. The van der Waals surface area contributed by atoms with Crippen molar-refractivity contribution in [3.63, 3.8) is 0 Å². The number of ether oxygens (including phenoxy) is 1. The van der Waals surface area contributed by atoms with Gasteiger partial charge >= 0.3 is 6.03 Å². The highest BCUT2D eigenvalue weighted by atomic mass is 16.5. The van der Waals surface area contributed by atoms with Gasteiger partial charge in [0.2, 0.25) is 5.91 Å². The number of rotatable bonds is 5. The molecule has 29 heavy (non-hydrogen) atoms. The van der Waals surface area contributed by atoms with E-state index in [1.807, 2.05) is 36.4 Å². The highest BCUT2D eigenvalue weighted by Gasteiger charge is 2.40. The number of amides is 4. The van der Waals surface area contributed by atoms with E-state index in [0.29, 0.717) is 18.8 Å². The van der Waals surface area contributed by atoms with E-state index in [9.17, 15) is 14.4 Å². The van der Waals surface area contributed by atoms with Gasteiger partial charge in [0.1, 0.15) is 11.8 Å². The predicted octanol–water partition coefficient (Wildman–Crippen LogP) is 2.09. The molecule has 2 aliphatic heterocycles. The molecule has 1 fully saturated rings. The molecule has 4 rings (SSSR count). The van der Waals surface area contributed by atoms with Crippen LogP contribution in [-0.4, -0.2) is 47.3 Å². The first kappa shape index (κ1) is 19.0. The van der Waals surface area contributed by atoms with Crippen LogP contribution in [0.25, 0.3) is 0 Å². The van der Waals surface area contributed by atoms with E-state index in [0.717, 1.165) is 22.4 Å². The van der Waals surface area contributed by atoms with Crippen LogP contribution in [0.2, 0.25) is 0 Å². The zero-order valence-electron chi connectivity index (χ0n) is 16.3. The molecule has 4 amide bonds. The number of nitrogens with zero attached hydrogens (tertiary/aromatic N) is 2. The molecule has 7 heteroatoms. The van der Waals surface area contributed by atoms with Crippen LogP contribution in [0.5, 0.6) is 5.75 Å². The zero-order valence-corrected chi connectivity index (χ0v) is 16.3. The van der Waals surface area contributed by atoms with E-state index in [1.165, 1.54) is 5.56 Å². The number of carbonyl (C=O) groups is 3. The highest BCUT2D eigenvalue weighted by molar-refractivity contribution is 6.05. The molecule has 0 bridgehead atoms. The average Bonchev–Trinajstić information content (AvgIpc) is 3.01. The van der Waals surface area contributed by atoms with Crippen LogP contribution in [0.1, 0.15) is 23.1 Å². The molecule has 2 heterocycles. The largest absolute Gasteiger partial charge is 0.496 e. The first-order valence-electron chi connectivity index (χ1n) is 9.65. The molecule has 0 spiro atoms. The standard InChI is InChI=1S/C22H23N3O4/c1-29-19-9-5-4-8-17(19)14-25-21(27)18(23-22(25)28)12-20(26)24-11-10-15-6-2-3-7-16(15)13-24/h2-9,18H,10-14H2,1H3,(H,23,28)/t18-/m1/s1. The molecule has 0 unspecified atom stereocenters. The fraction of sp³-hybridized carbons (Fsp3) is 0.318. The summed E-state index contributed by atoms with van der Waals surface area (Å²) in [6.07, 6.45) is 0.766. The lowest BCUT2D eigenvalue weighted by atomic mass is 9.99. The van der Waals surface area contributed by atoms with Crippen molar-refractivity contribution in [2.45, 2.75) is 32.0 Å².